The number of rotatable bonds is 2. The average molecular weight is 298 g/mol. The first kappa shape index (κ1) is 17.0. The van der Waals surface area contributed by atoms with E-state index in [4.69, 9.17) is 4.74 Å². The van der Waals surface area contributed by atoms with Gasteiger partial charge in [-0.15, -0.1) is 0 Å². The highest BCUT2D eigenvalue weighted by molar-refractivity contribution is 6.10. The molecule has 1 saturated heterocycles. The summed E-state index contributed by atoms with van der Waals surface area (Å²) in [5, 5.41) is 9.44. The maximum Gasteiger partial charge on any atom is 0.415 e. The zero-order chi connectivity index (χ0) is 16.6. The van der Waals surface area contributed by atoms with Crippen LogP contribution in [0.5, 0.6) is 0 Å². The Hall–Kier alpha value is -2.05. The topological polar surface area (TPSA) is 87.2 Å². The molecule has 1 N–H and O–H groups in total. The minimum absolute atomic E-state index is 0.00745. The Labute approximate surface area is 124 Å². The van der Waals surface area contributed by atoms with Crippen molar-refractivity contribution in [2.24, 2.45) is 5.41 Å². The molecular formula is C14H22N2O5. The number of carbonyl (C=O) groups is 3. The summed E-state index contributed by atoms with van der Waals surface area (Å²) < 4.78 is 4.81. The molecule has 1 rings (SSSR count). The molecule has 0 unspecified atom stereocenters. The molecule has 0 radical (unpaired) electrons. The predicted octanol–water partition coefficient (Wildman–Crippen LogP) is 1.30. The molecular weight excluding hydrogens is 276 g/mol. The summed E-state index contributed by atoms with van der Waals surface area (Å²) >= 11 is 0. The zero-order valence-electron chi connectivity index (χ0n) is 13.3. The van der Waals surface area contributed by atoms with Crippen LogP contribution >= 0.6 is 0 Å². The number of ether oxygens (including phenoxy) is 1. The zero-order valence-corrected chi connectivity index (χ0v) is 13.3. The maximum absolute atomic E-state index is 12.4. The van der Waals surface area contributed by atoms with Crippen LogP contribution in [0.25, 0.3) is 0 Å². The van der Waals surface area contributed by atoms with Crippen molar-refractivity contribution in [1.29, 1.82) is 0 Å². The lowest BCUT2D eigenvalue weighted by molar-refractivity contribution is -0.162. The Kier molecular flexibility index (Phi) is 4.36. The van der Waals surface area contributed by atoms with Gasteiger partial charge in [0.05, 0.1) is 7.11 Å². The number of methoxy groups -OCH3 is 1. The van der Waals surface area contributed by atoms with Gasteiger partial charge < -0.3 is 14.7 Å². The number of carbonyl (C=O) groups excluding carboxylic acids is 2. The standard InChI is InChI=1S/C14H22N2O5/c1-13(2,3)14(11(18)21-6)7-9(8-15(4)5)10(17)16(14)12(19)20/h8H,7H2,1-6H3,(H,19,20)/b9-8+/t14-/m1/s1. The fourth-order valence-corrected chi connectivity index (χ4v) is 2.65. The maximum atomic E-state index is 12.4. The van der Waals surface area contributed by atoms with E-state index in [1.165, 1.54) is 13.3 Å². The predicted molar refractivity (Wildman–Crippen MR) is 75.5 cm³/mol. The van der Waals surface area contributed by atoms with Crippen LogP contribution < -0.4 is 0 Å². The van der Waals surface area contributed by atoms with E-state index in [0.29, 0.717) is 4.90 Å². The molecule has 0 aromatic carbocycles. The molecule has 7 nitrogen and oxygen atoms in total. The molecule has 0 aromatic heterocycles. The highest BCUT2D eigenvalue weighted by Crippen LogP contribution is 2.47. The van der Waals surface area contributed by atoms with Crippen molar-refractivity contribution in [3.63, 3.8) is 0 Å². The molecule has 1 aliphatic rings. The van der Waals surface area contributed by atoms with Crippen LogP contribution in [0, 0.1) is 5.41 Å². The number of hydrogen-bond donors (Lipinski definition) is 1. The molecule has 1 heterocycles. The molecule has 1 aliphatic heterocycles. The Bertz CT molecular complexity index is 504. The van der Waals surface area contributed by atoms with E-state index < -0.39 is 28.9 Å². The lowest BCUT2D eigenvalue weighted by Gasteiger charge is -2.42. The number of hydrogen-bond acceptors (Lipinski definition) is 5. The summed E-state index contributed by atoms with van der Waals surface area (Å²) in [6, 6.07) is 0. The van der Waals surface area contributed by atoms with E-state index in [9.17, 15) is 19.5 Å². The van der Waals surface area contributed by atoms with Crippen molar-refractivity contribution in [1.82, 2.24) is 9.80 Å². The molecule has 0 aliphatic carbocycles. The van der Waals surface area contributed by atoms with E-state index in [1.54, 1.807) is 39.8 Å². The van der Waals surface area contributed by atoms with Crippen LogP contribution in [-0.4, -0.2) is 59.6 Å². The first-order valence-corrected chi connectivity index (χ1v) is 6.52. The first-order valence-electron chi connectivity index (χ1n) is 6.52. The van der Waals surface area contributed by atoms with Gasteiger partial charge in [-0.1, -0.05) is 20.8 Å². The van der Waals surface area contributed by atoms with Gasteiger partial charge in [-0.2, -0.15) is 0 Å². The number of amides is 2. The highest BCUT2D eigenvalue weighted by atomic mass is 16.5. The third kappa shape index (κ3) is 2.59. The van der Waals surface area contributed by atoms with Crippen molar-refractivity contribution >= 4 is 18.0 Å². The fraction of sp³-hybridized carbons (Fsp3) is 0.643. The van der Waals surface area contributed by atoms with Gasteiger partial charge in [-0.05, 0) is 5.41 Å². The molecule has 1 atom stereocenters. The van der Waals surface area contributed by atoms with Gasteiger partial charge in [0, 0.05) is 32.3 Å². The van der Waals surface area contributed by atoms with Crippen LogP contribution in [0.1, 0.15) is 27.2 Å². The second-order valence-corrected chi connectivity index (χ2v) is 6.32. The largest absolute Gasteiger partial charge is 0.467 e. The lowest BCUT2D eigenvalue weighted by atomic mass is 9.71. The number of esters is 1. The van der Waals surface area contributed by atoms with Crippen LogP contribution in [0.3, 0.4) is 0 Å². The molecule has 1 fully saturated rings. The Morgan fingerprint density at radius 3 is 2.24 bits per heavy atom. The van der Waals surface area contributed by atoms with Crippen molar-refractivity contribution in [2.45, 2.75) is 32.7 Å². The Morgan fingerprint density at radius 1 is 1.38 bits per heavy atom. The fourth-order valence-electron chi connectivity index (χ4n) is 2.65. The van der Waals surface area contributed by atoms with E-state index >= 15 is 0 Å². The smallest absolute Gasteiger partial charge is 0.415 e. The summed E-state index contributed by atoms with van der Waals surface area (Å²) in [5.74, 6) is -1.41. The monoisotopic (exact) mass is 298 g/mol. The van der Waals surface area contributed by atoms with Crippen LogP contribution in [0.2, 0.25) is 0 Å². The van der Waals surface area contributed by atoms with E-state index in [2.05, 4.69) is 0 Å². The average Bonchev–Trinajstić information content (AvgIpc) is 2.61. The second-order valence-electron chi connectivity index (χ2n) is 6.32. The summed E-state index contributed by atoms with van der Waals surface area (Å²) in [6.07, 6.45) is 0.0729. The molecule has 0 saturated carbocycles. The number of carboxylic acid groups (broad SMARTS) is 1. The van der Waals surface area contributed by atoms with Gasteiger partial charge in [-0.25, -0.2) is 14.5 Å². The van der Waals surface area contributed by atoms with E-state index in [-0.39, 0.29) is 12.0 Å². The molecule has 0 aromatic rings. The summed E-state index contributed by atoms with van der Waals surface area (Å²) in [7, 11) is 4.63. The van der Waals surface area contributed by atoms with Crippen molar-refractivity contribution in [3.05, 3.63) is 11.8 Å². The van der Waals surface area contributed by atoms with Gasteiger partial charge >= 0.3 is 12.1 Å². The summed E-state index contributed by atoms with van der Waals surface area (Å²) in [6.45, 7) is 5.14. The van der Waals surface area contributed by atoms with Crippen LogP contribution in [0.15, 0.2) is 11.8 Å². The Morgan fingerprint density at radius 2 is 1.90 bits per heavy atom. The van der Waals surface area contributed by atoms with Gasteiger partial charge in [0.25, 0.3) is 5.91 Å². The van der Waals surface area contributed by atoms with Crippen molar-refractivity contribution < 1.29 is 24.2 Å². The second kappa shape index (κ2) is 5.38. The minimum Gasteiger partial charge on any atom is -0.467 e. The Balaban J connectivity index is 3.57. The van der Waals surface area contributed by atoms with E-state index in [1.807, 2.05) is 0 Å². The highest BCUT2D eigenvalue weighted by Gasteiger charge is 2.63. The van der Waals surface area contributed by atoms with Crippen LogP contribution in [-0.2, 0) is 14.3 Å². The van der Waals surface area contributed by atoms with Crippen molar-refractivity contribution in [2.75, 3.05) is 21.2 Å². The number of nitrogens with zero attached hydrogens (tertiary/aromatic N) is 2. The summed E-state index contributed by atoms with van der Waals surface area (Å²) in [5.41, 5.74) is -2.11. The van der Waals surface area contributed by atoms with Crippen LogP contribution in [0.4, 0.5) is 4.79 Å². The molecule has 0 bridgehead atoms. The third-order valence-electron chi connectivity index (χ3n) is 3.67. The minimum atomic E-state index is -1.56. The molecule has 118 valence electrons. The van der Waals surface area contributed by atoms with Gasteiger partial charge in [0.15, 0.2) is 5.54 Å². The van der Waals surface area contributed by atoms with Crippen molar-refractivity contribution in [3.8, 4) is 0 Å². The van der Waals surface area contributed by atoms with Gasteiger partial charge in [0.2, 0.25) is 0 Å². The lowest BCUT2D eigenvalue weighted by Crippen LogP contribution is -2.62. The molecule has 2 amide bonds. The number of likely N-dealkylation sites (tertiary alicyclic amines) is 1. The normalized spacial score (nSPS) is 24.4. The van der Waals surface area contributed by atoms with Gasteiger partial charge in [0.1, 0.15) is 0 Å². The third-order valence-corrected chi connectivity index (χ3v) is 3.67. The van der Waals surface area contributed by atoms with E-state index in [0.717, 1.165) is 0 Å². The van der Waals surface area contributed by atoms with Gasteiger partial charge in [-0.3, -0.25) is 4.79 Å². The number of imide groups is 1. The molecule has 21 heavy (non-hydrogen) atoms. The molecule has 7 heteroatoms. The SMILES string of the molecule is COC(=O)[C@@]1(C(C)(C)C)C/C(=C\N(C)C)C(=O)N1C(=O)O. The quantitative estimate of drug-likeness (QED) is 0.611. The molecule has 0 spiro atoms. The first-order chi connectivity index (χ1) is 9.49. The summed E-state index contributed by atoms with van der Waals surface area (Å²) in [4.78, 5) is 38.6.